The van der Waals surface area contributed by atoms with Gasteiger partial charge in [-0.2, -0.15) is 0 Å². The van der Waals surface area contributed by atoms with Crippen molar-refractivity contribution in [1.82, 2.24) is 0 Å². The summed E-state index contributed by atoms with van der Waals surface area (Å²) in [5.74, 6) is 0.654. The first-order chi connectivity index (χ1) is 10.1. The molecule has 2 aromatic carbocycles. The molecule has 1 atom stereocenters. The fourth-order valence-corrected chi connectivity index (χ4v) is 8.25. The first kappa shape index (κ1) is 15.0. The number of hydrogen-bond acceptors (Lipinski definition) is 0. The third-order valence-corrected chi connectivity index (χ3v) is 8.85. The number of fused-ring (bicyclic) bond motifs is 1. The molecule has 1 unspecified atom stereocenters. The van der Waals surface area contributed by atoms with Crippen LogP contribution in [0.25, 0.3) is 17.2 Å². The van der Waals surface area contributed by atoms with Gasteiger partial charge in [-0.25, -0.2) is 0 Å². The molecule has 0 bridgehead atoms. The predicted octanol–water partition coefficient (Wildman–Crippen LogP) is 6.16. The van der Waals surface area contributed by atoms with Gasteiger partial charge >= 0.3 is 137 Å². The Kier molecular flexibility index (Phi) is 4.32. The van der Waals surface area contributed by atoms with Crippen LogP contribution >= 0.6 is 0 Å². The Morgan fingerprint density at radius 1 is 0.905 bits per heavy atom. The van der Waals surface area contributed by atoms with Crippen molar-refractivity contribution in [2.24, 2.45) is 5.92 Å². The molecule has 1 aliphatic rings. The van der Waals surface area contributed by atoms with Crippen LogP contribution in [-0.4, -0.2) is 0 Å². The molecule has 0 aromatic heterocycles. The van der Waals surface area contributed by atoms with Crippen LogP contribution < -0.4 is 0 Å². The van der Waals surface area contributed by atoms with E-state index >= 15 is 0 Å². The zero-order chi connectivity index (χ0) is 15.0. The molecule has 0 spiro atoms. The van der Waals surface area contributed by atoms with Gasteiger partial charge in [-0.15, -0.1) is 0 Å². The molecule has 0 radical (unpaired) electrons. The molecular weight excluding hydrogens is 331 g/mol. The van der Waals surface area contributed by atoms with Gasteiger partial charge in [0, 0.05) is 0 Å². The predicted molar refractivity (Wildman–Crippen MR) is 89.2 cm³/mol. The topological polar surface area (TPSA) is 0 Å². The second-order valence-corrected chi connectivity index (χ2v) is 13.2. The minimum absolute atomic E-state index is 0.654. The second-order valence-electron chi connectivity index (χ2n) is 6.48. The molecule has 107 valence electrons. The summed E-state index contributed by atoms with van der Waals surface area (Å²) in [6.45, 7) is 4.69. The molecule has 2 aromatic rings. The van der Waals surface area contributed by atoms with E-state index in [4.69, 9.17) is 0 Å². The average molecular weight is 355 g/mol. The van der Waals surface area contributed by atoms with Gasteiger partial charge in [0.15, 0.2) is 0 Å². The van der Waals surface area contributed by atoms with Gasteiger partial charge in [-0.05, 0) is 0 Å². The van der Waals surface area contributed by atoms with Gasteiger partial charge < -0.3 is 0 Å². The Balaban J connectivity index is 2.18. The molecule has 0 heterocycles. The van der Waals surface area contributed by atoms with Crippen molar-refractivity contribution in [3.8, 4) is 11.1 Å². The van der Waals surface area contributed by atoms with Crippen LogP contribution in [-0.2, 0) is 21.8 Å². The summed E-state index contributed by atoms with van der Waals surface area (Å²) in [4.78, 5) is 0. The SMILES string of the molecule is CC(C)C1=Cc2c(-c3ccccc3)cccc2[CH]1[Zr]([CH3])[CH3]. The molecule has 3 rings (SSSR count). The molecule has 0 saturated heterocycles. The van der Waals surface area contributed by atoms with E-state index < -0.39 is 21.8 Å². The quantitative estimate of drug-likeness (QED) is 0.619. The van der Waals surface area contributed by atoms with E-state index in [-0.39, 0.29) is 0 Å². The number of benzene rings is 2. The van der Waals surface area contributed by atoms with E-state index in [1.165, 1.54) is 16.7 Å². The zero-order valence-corrected chi connectivity index (χ0v) is 15.8. The van der Waals surface area contributed by atoms with E-state index in [1.807, 2.05) is 0 Å². The maximum atomic E-state index is 2.54. The van der Waals surface area contributed by atoms with Crippen molar-refractivity contribution < 1.29 is 21.8 Å². The molecule has 1 heteroatoms. The Hall–Kier alpha value is -0.937. The summed E-state index contributed by atoms with van der Waals surface area (Å²) in [6.07, 6.45) is 2.50. The fraction of sp³-hybridized carbons (Fsp3) is 0.300. The molecule has 21 heavy (non-hydrogen) atoms. The van der Waals surface area contributed by atoms with Crippen molar-refractivity contribution in [2.45, 2.75) is 26.7 Å². The molecular formula is C20H23Zr. The van der Waals surface area contributed by atoms with Crippen LogP contribution in [0.5, 0.6) is 0 Å². The van der Waals surface area contributed by atoms with Gasteiger partial charge in [-0.3, -0.25) is 0 Å². The normalized spacial score (nSPS) is 16.8. The van der Waals surface area contributed by atoms with Gasteiger partial charge in [-0.1, -0.05) is 0 Å². The molecule has 0 aliphatic heterocycles. The Morgan fingerprint density at radius 3 is 2.24 bits per heavy atom. The summed E-state index contributed by atoms with van der Waals surface area (Å²) in [7, 11) is 0. The second kappa shape index (κ2) is 6.05. The van der Waals surface area contributed by atoms with Gasteiger partial charge in [0.2, 0.25) is 0 Å². The number of allylic oxidation sites excluding steroid dienone is 1. The molecule has 0 amide bonds. The minimum atomic E-state index is -1.34. The van der Waals surface area contributed by atoms with Gasteiger partial charge in [0.05, 0.1) is 0 Å². The molecule has 1 aliphatic carbocycles. The van der Waals surface area contributed by atoms with Crippen LogP contribution in [0.3, 0.4) is 0 Å². The van der Waals surface area contributed by atoms with Crippen molar-refractivity contribution >= 4 is 6.08 Å². The summed E-state index contributed by atoms with van der Waals surface area (Å²) in [5.41, 5.74) is 7.50. The fourth-order valence-electron chi connectivity index (χ4n) is 3.44. The Morgan fingerprint density at radius 2 is 1.62 bits per heavy atom. The first-order valence-corrected chi connectivity index (χ1v) is 14.1. The summed E-state index contributed by atoms with van der Waals surface area (Å²) in [5, 5.41) is 0. The van der Waals surface area contributed by atoms with Crippen molar-refractivity contribution in [2.75, 3.05) is 0 Å². The van der Waals surface area contributed by atoms with Crippen LogP contribution in [0.1, 0.15) is 28.6 Å². The van der Waals surface area contributed by atoms with Gasteiger partial charge in [0.1, 0.15) is 0 Å². The van der Waals surface area contributed by atoms with Crippen molar-refractivity contribution in [3.63, 3.8) is 0 Å². The summed E-state index contributed by atoms with van der Waals surface area (Å²) in [6, 6.07) is 17.7. The standard InChI is InChI=1S/C18H17.2CH3.Zr/c1-13(2)16-11-15-9-6-10-17(18(15)12-16)14-7-4-3-5-8-14;;;/h3-13H,1-2H3;2*1H3;. The van der Waals surface area contributed by atoms with E-state index in [1.54, 1.807) is 11.1 Å². The summed E-state index contributed by atoms with van der Waals surface area (Å²) < 4.78 is 5.84. The summed E-state index contributed by atoms with van der Waals surface area (Å²) >= 11 is -1.34. The van der Waals surface area contributed by atoms with Crippen LogP contribution in [0.15, 0.2) is 54.1 Å². The third-order valence-electron chi connectivity index (χ3n) is 4.42. The molecule has 0 saturated carbocycles. The monoisotopic (exact) mass is 353 g/mol. The molecule has 0 fully saturated rings. The number of hydrogen-bond donors (Lipinski definition) is 0. The van der Waals surface area contributed by atoms with Crippen LogP contribution in [0, 0.1) is 5.92 Å². The van der Waals surface area contributed by atoms with E-state index in [2.05, 4.69) is 77.7 Å². The van der Waals surface area contributed by atoms with Crippen LogP contribution in [0.4, 0.5) is 0 Å². The Labute approximate surface area is 136 Å². The zero-order valence-electron chi connectivity index (χ0n) is 13.4. The maximum absolute atomic E-state index is 2.54. The number of rotatable bonds is 3. The third kappa shape index (κ3) is 2.73. The van der Waals surface area contributed by atoms with E-state index in [0.29, 0.717) is 5.92 Å². The Bertz CT molecular complexity index is 665. The van der Waals surface area contributed by atoms with E-state index in [9.17, 15) is 0 Å². The average Bonchev–Trinajstić information content (AvgIpc) is 2.87. The van der Waals surface area contributed by atoms with Gasteiger partial charge in [0.25, 0.3) is 0 Å². The first-order valence-electron chi connectivity index (χ1n) is 7.79. The van der Waals surface area contributed by atoms with E-state index in [0.717, 1.165) is 3.63 Å². The molecule has 0 nitrogen and oxygen atoms in total. The van der Waals surface area contributed by atoms with Crippen LogP contribution in [0.2, 0.25) is 9.26 Å². The van der Waals surface area contributed by atoms with Crippen molar-refractivity contribution in [3.05, 3.63) is 65.2 Å². The van der Waals surface area contributed by atoms with Crippen molar-refractivity contribution in [1.29, 1.82) is 0 Å². The molecule has 0 N–H and O–H groups in total.